The molecule has 0 fully saturated rings. The van der Waals surface area contributed by atoms with Gasteiger partial charge in [-0.2, -0.15) is 0 Å². The number of nitrogens with zero attached hydrogens (tertiary/aromatic N) is 3. The molecule has 2 amide bonds. The van der Waals surface area contributed by atoms with E-state index in [2.05, 4.69) is 4.98 Å². The van der Waals surface area contributed by atoms with Crippen molar-refractivity contribution in [3.63, 3.8) is 0 Å². The molecule has 1 aliphatic rings. The van der Waals surface area contributed by atoms with Gasteiger partial charge in [0.05, 0.1) is 15.8 Å². The Labute approximate surface area is 131 Å². The van der Waals surface area contributed by atoms with Crippen LogP contribution in [0.4, 0.5) is 5.69 Å². The summed E-state index contributed by atoms with van der Waals surface area (Å²) in [5.41, 5.74) is 1.01. The van der Waals surface area contributed by atoms with Crippen molar-refractivity contribution in [3.05, 3.63) is 52.5 Å². The van der Waals surface area contributed by atoms with Crippen LogP contribution < -0.4 is 0 Å². The average Bonchev–Trinajstić information content (AvgIpc) is 3.09. The van der Waals surface area contributed by atoms with Crippen molar-refractivity contribution in [2.45, 2.75) is 20.0 Å². The Morgan fingerprint density at radius 2 is 1.78 bits per heavy atom. The summed E-state index contributed by atoms with van der Waals surface area (Å²) in [6.07, 6.45) is 3.87. The number of nitrogens with one attached hydrogen (secondary N) is 1. The number of aromatic amines is 1. The molecule has 0 spiro atoms. The first-order chi connectivity index (χ1) is 10.9. The molecule has 2 heterocycles. The topological polar surface area (TPSA) is 99.6 Å². The standard InChI is InChI=1S/C15H14N4O4/c1-9(20)17-6-7-18(10(2)21)15(17)11-8-16-12-4-3-5-13(14(11)12)19(22)23/h3-8,15-16H,1-2H3. The molecule has 2 aromatic rings. The van der Waals surface area contributed by atoms with E-state index in [-0.39, 0.29) is 17.5 Å². The number of nitro groups is 1. The number of carbonyl (C=O) groups is 2. The number of amides is 2. The molecule has 0 unspecified atom stereocenters. The molecule has 3 rings (SSSR count). The van der Waals surface area contributed by atoms with Crippen LogP contribution in [0.1, 0.15) is 25.6 Å². The number of rotatable bonds is 2. The second-order valence-electron chi connectivity index (χ2n) is 5.23. The number of hydrogen-bond donors (Lipinski definition) is 1. The molecule has 0 bridgehead atoms. The normalized spacial score (nSPS) is 14.7. The summed E-state index contributed by atoms with van der Waals surface area (Å²) >= 11 is 0. The molecular weight excluding hydrogens is 300 g/mol. The zero-order valence-electron chi connectivity index (χ0n) is 12.5. The van der Waals surface area contributed by atoms with Crippen molar-refractivity contribution in [1.29, 1.82) is 0 Å². The average molecular weight is 314 g/mol. The van der Waals surface area contributed by atoms with E-state index in [4.69, 9.17) is 0 Å². The number of H-pyrrole nitrogens is 1. The zero-order chi connectivity index (χ0) is 16.7. The number of non-ortho nitro benzene ring substituents is 1. The number of fused-ring (bicyclic) bond motifs is 1. The molecule has 0 saturated carbocycles. The highest BCUT2D eigenvalue weighted by Gasteiger charge is 2.36. The van der Waals surface area contributed by atoms with Crippen LogP contribution >= 0.6 is 0 Å². The van der Waals surface area contributed by atoms with Gasteiger partial charge in [-0.05, 0) is 6.07 Å². The van der Waals surface area contributed by atoms with Crippen molar-refractivity contribution in [2.75, 3.05) is 0 Å². The zero-order valence-corrected chi connectivity index (χ0v) is 12.5. The number of benzene rings is 1. The number of hydrogen-bond acceptors (Lipinski definition) is 4. The Morgan fingerprint density at radius 3 is 2.30 bits per heavy atom. The minimum Gasteiger partial charge on any atom is -0.361 e. The van der Waals surface area contributed by atoms with Crippen LogP contribution in [-0.2, 0) is 9.59 Å². The van der Waals surface area contributed by atoms with E-state index < -0.39 is 11.1 Å². The first-order valence-corrected chi connectivity index (χ1v) is 6.92. The van der Waals surface area contributed by atoms with E-state index in [1.54, 1.807) is 18.3 Å². The van der Waals surface area contributed by atoms with Gasteiger partial charge < -0.3 is 4.98 Å². The van der Waals surface area contributed by atoms with Crippen LogP contribution in [0.2, 0.25) is 0 Å². The van der Waals surface area contributed by atoms with E-state index >= 15 is 0 Å². The summed E-state index contributed by atoms with van der Waals surface area (Å²) in [5, 5.41) is 11.7. The second kappa shape index (κ2) is 5.24. The van der Waals surface area contributed by atoms with E-state index in [0.717, 1.165) is 0 Å². The third-order valence-electron chi connectivity index (χ3n) is 3.83. The Balaban J connectivity index is 2.23. The molecule has 1 aromatic carbocycles. The molecule has 0 atom stereocenters. The Hall–Kier alpha value is -3.16. The molecule has 0 radical (unpaired) electrons. The predicted octanol–water partition coefficient (Wildman–Crippen LogP) is 2.26. The quantitative estimate of drug-likeness (QED) is 0.678. The molecule has 118 valence electrons. The fraction of sp³-hybridized carbons (Fsp3) is 0.200. The van der Waals surface area contributed by atoms with Gasteiger partial charge >= 0.3 is 0 Å². The van der Waals surface area contributed by atoms with Gasteiger partial charge in [0.15, 0.2) is 0 Å². The summed E-state index contributed by atoms with van der Waals surface area (Å²) in [5.74, 6) is -0.522. The maximum atomic E-state index is 11.9. The van der Waals surface area contributed by atoms with E-state index in [1.165, 1.54) is 42.1 Å². The fourth-order valence-corrected chi connectivity index (χ4v) is 2.84. The Kier molecular flexibility index (Phi) is 3.36. The van der Waals surface area contributed by atoms with Crippen LogP contribution in [0, 0.1) is 10.1 Å². The molecule has 23 heavy (non-hydrogen) atoms. The first kappa shape index (κ1) is 14.8. The van der Waals surface area contributed by atoms with E-state index in [0.29, 0.717) is 16.5 Å². The molecule has 0 saturated heterocycles. The number of nitro benzene ring substituents is 1. The summed E-state index contributed by atoms with van der Waals surface area (Å²) in [6.45, 7) is 2.76. The highest BCUT2D eigenvalue weighted by atomic mass is 16.6. The molecule has 1 aromatic heterocycles. The van der Waals surface area contributed by atoms with Crippen molar-refractivity contribution in [1.82, 2.24) is 14.8 Å². The monoisotopic (exact) mass is 314 g/mol. The molecule has 8 heteroatoms. The third kappa shape index (κ3) is 2.24. The van der Waals surface area contributed by atoms with E-state index in [9.17, 15) is 19.7 Å². The van der Waals surface area contributed by atoms with Crippen molar-refractivity contribution in [2.24, 2.45) is 0 Å². The van der Waals surface area contributed by atoms with E-state index in [1.807, 2.05) is 0 Å². The van der Waals surface area contributed by atoms with Crippen molar-refractivity contribution < 1.29 is 14.5 Å². The van der Waals surface area contributed by atoms with Gasteiger partial charge in [0.25, 0.3) is 5.69 Å². The number of aromatic nitrogens is 1. The van der Waals surface area contributed by atoms with Gasteiger partial charge in [0.1, 0.15) is 6.17 Å². The smallest absolute Gasteiger partial charge is 0.279 e. The van der Waals surface area contributed by atoms with Crippen LogP contribution in [0.5, 0.6) is 0 Å². The lowest BCUT2D eigenvalue weighted by atomic mass is 10.1. The van der Waals surface area contributed by atoms with Gasteiger partial charge in [0.2, 0.25) is 11.8 Å². The van der Waals surface area contributed by atoms with Crippen LogP contribution in [0.15, 0.2) is 36.8 Å². The lowest BCUT2D eigenvalue weighted by Gasteiger charge is -2.28. The lowest BCUT2D eigenvalue weighted by molar-refractivity contribution is -0.383. The van der Waals surface area contributed by atoms with Crippen LogP contribution in [0.3, 0.4) is 0 Å². The first-order valence-electron chi connectivity index (χ1n) is 6.92. The summed E-state index contributed by atoms with van der Waals surface area (Å²) in [4.78, 5) is 40.3. The van der Waals surface area contributed by atoms with Crippen molar-refractivity contribution >= 4 is 28.4 Å². The molecule has 1 aliphatic heterocycles. The maximum Gasteiger partial charge on any atom is 0.279 e. The minimum atomic E-state index is -0.736. The fourth-order valence-electron chi connectivity index (χ4n) is 2.84. The minimum absolute atomic E-state index is 0.0716. The molecule has 8 nitrogen and oxygen atoms in total. The van der Waals surface area contributed by atoms with Gasteiger partial charge in [-0.3, -0.25) is 29.5 Å². The summed E-state index contributed by atoms with van der Waals surface area (Å²) < 4.78 is 0. The Bertz CT molecular complexity index is 830. The second-order valence-corrected chi connectivity index (χ2v) is 5.23. The van der Waals surface area contributed by atoms with Crippen LogP contribution in [-0.4, -0.2) is 31.5 Å². The van der Waals surface area contributed by atoms with Gasteiger partial charge in [0, 0.05) is 44.1 Å². The highest BCUT2D eigenvalue weighted by molar-refractivity contribution is 5.93. The molecule has 1 N–H and O–H groups in total. The summed E-state index contributed by atoms with van der Waals surface area (Å²) in [6, 6.07) is 4.70. The maximum absolute atomic E-state index is 11.9. The molecule has 0 aliphatic carbocycles. The molecular formula is C15H14N4O4. The summed E-state index contributed by atoms with van der Waals surface area (Å²) in [7, 11) is 0. The van der Waals surface area contributed by atoms with Crippen LogP contribution in [0.25, 0.3) is 10.9 Å². The van der Waals surface area contributed by atoms with Gasteiger partial charge in [-0.15, -0.1) is 0 Å². The predicted molar refractivity (Wildman–Crippen MR) is 81.9 cm³/mol. The third-order valence-corrected chi connectivity index (χ3v) is 3.83. The van der Waals surface area contributed by atoms with Crippen molar-refractivity contribution in [3.8, 4) is 0 Å². The number of carbonyl (C=O) groups excluding carboxylic acids is 2. The largest absolute Gasteiger partial charge is 0.361 e. The Morgan fingerprint density at radius 1 is 1.17 bits per heavy atom. The van der Waals surface area contributed by atoms with Gasteiger partial charge in [-0.25, -0.2) is 0 Å². The SMILES string of the molecule is CC(=O)N1C=CN(C(C)=O)C1c1c[nH]c2cccc([N+](=O)[O-])c12. The lowest BCUT2D eigenvalue weighted by Crippen LogP contribution is -2.35. The highest BCUT2D eigenvalue weighted by Crippen LogP contribution is 2.38. The van der Waals surface area contributed by atoms with Gasteiger partial charge in [-0.1, -0.05) is 6.07 Å².